The maximum atomic E-state index is 10.6. The molecule has 7 nitrogen and oxygen atoms in total. The number of anilines is 3. The number of aromatic nitrogens is 3. The Morgan fingerprint density at radius 2 is 1.95 bits per heavy atom. The molecule has 200 valence electrons. The van der Waals surface area contributed by atoms with E-state index in [0.717, 1.165) is 61.1 Å². The molecule has 0 radical (unpaired) electrons. The molecule has 0 unspecified atom stereocenters. The molecule has 0 fully saturated rings. The Kier molecular flexibility index (Phi) is 9.07. The highest BCUT2D eigenvalue weighted by Crippen LogP contribution is 2.42. The SMILES string of the molecule is CCCN(Cc1ccccn1)c1c2c(nn1C)N(c1c(C)cc(C)cc1Cl)CCC2.O=C(O)C(F)(F)F. The third-order valence-electron chi connectivity index (χ3n) is 5.94. The molecule has 11 heteroatoms. The number of pyridine rings is 1. The number of carboxylic acids is 1. The maximum Gasteiger partial charge on any atom is 0.490 e. The quantitative estimate of drug-likeness (QED) is 0.402. The number of nitrogens with zero attached hydrogens (tertiary/aromatic N) is 5. The first-order valence-corrected chi connectivity index (χ1v) is 12.4. The van der Waals surface area contributed by atoms with Gasteiger partial charge in [-0.15, -0.1) is 0 Å². The highest BCUT2D eigenvalue weighted by Gasteiger charge is 2.38. The minimum atomic E-state index is -5.08. The van der Waals surface area contributed by atoms with Crippen LogP contribution >= 0.6 is 11.6 Å². The lowest BCUT2D eigenvalue weighted by atomic mass is 10.0. The number of carbonyl (C=O) groups is 1. The molecule has 0 saturated heterocycles. The third-order valence-corrected chi connectivity index (χ3v) is 6.23. The van der Waals surface area contributed by atoms with Crippen LogP contribution in [0, 0.1) is 13.8 Å². The van der Waals surface area contributed by atoms with Gasteiger partial charge in [-0.3, -0.25) is 9.67 Å². The van der Waals surface area contributed by atoms with E-state index in [1.54, 1.807) is 0 Å². The van der Waals surface area contributed by atoms with Crippen LogP contribution < -0.4 is 9.80 Å². The van der Waals surface area contributed by atoms with E-state index in [0.29, 0.717) is 0 Å². The second-order valence-corrected chi connectivity index (χ2v) is 9.37. The normalized spacial score (nSPS) is 13.0. The van der Waals surface area contributed by atoms with E-state index in [-0.39, 0.29) is 0 Å². The average Bonchev–Trinajstić information content (AvgIpc) is 3.15. The second kappa shape index (κ2) is 11.9. The number of alkyl halides is 3. The van der Waals surface area contributed by atoms with E-state index >= 15 is 0 Å². The number of halogens is 4. The molecule has 4 rings (SSSR count). The minimum Gasteiger partial charge on any atom is -0.475 e. The Bertz CT molecular complexity index is 1210. The fourth-order valence-corrected chi connectivity index (χ4v) is 5.01. The van der Waals surface area contributed by atoms with Crippen molar-refractivity contribution < 1.29 is 23.1 Å². The topological polar surface area (TPSA) is 74.5 Å². The van der Waals surface area contributed by atoms with Crippen LogP contribution in [0.3, 0.4) is 0 Å². The fourth-order valence-electron chi connectivity index (χ4n) is 4.59. The molecular formula is C26H31ClF3N5O2. The van der Waals surface area contributed by atoms with Crippen LogP contribution in [0.2, 0.25) is 5.02 Å². The fraction of sp³-hybridized carbons (Fsp3) is 0.423. The Labute approximate surface area is 219 Å². The van der Waals surface area contributed by atoms with Crippen LogP contribution in [0.4, 0.5) is 30.5 Å². The van der Waals surface area contributed by atoms with Gasteiger partial charge in [0.25, 0.3) is 0 Å². The number of rotatable bonds is 6. The number of aryl methyl sites for hydroxylation is 3. The van der Waals surface area contributed by atoms with E-state index in [9.17, 15) is 13.2 Å². The largest absolute Gasteiger partial charge is 0.490 e. The lowest BCUT2D eigenvalue weighted by Gasteiger charge is -2.31. The zero-order valence-corrected chi connectivity index (χ0v) is 22.1. The van der Waals surface area contributed by atoms with Gasteiger partial charge in [-0.2, -0.15) is 18.3 Å². The van der Waals surface area contributed by atoms with Crippen LogP contribution in [0.1, 0.15) is 42.1 Å². The van der Waals surface area contributed by atoms with Crippen molar-refractivity contribution in [3.63, 3.8) is 0 Å². The van der Waals surface area contributed by atoms with E-state index in [1.807, 2.05) is 23.0 Å². The van der Waals surface area contributed by atoms with Gasteiger partial charge in [0.15, 0.2) is 5.82 Å². The first kappa shape index (κ1) is 28.3. The molecule has 1 N–H and O–H groups in total. The molecule has 3 aromatic rings. The van der Waals surface area contributed by atoms with Gasteiger partial charge in [0.1, 0.15) is 5.82 Å². The summed E-state index contributed by atoms with van der Waals surface area (Å²) in [6.07, 6.45) is -0.0413. The van der Waals surface area contributed by atoms with Crippen molar-refractivity contribution in [1.29, 1.82) is 0 Å². The van der Waals surface area contributed by atoms with Crippen LogP contribution in [0.5, 0.6) is 0 Å². The Balaban J connectivity index is 0.000000479. The van der Waals surface area contributed by atoms with Crippen molar-refractivity contribution in [2.75, 3.05) is 22.9 Å². The zero-order chi connectivity index (χ0) is 27.3. The molecule has 0 saturated carbocycles. The van der Waals surface area contributed by atoms with E-state index in [2.05, 4.69) is 60.8 Å². The summed E-state index contributed by atoms with van der Waals surface area (Å²) in [6.45, 7) is 9.12. The zero-order valence-electron chi connectivity index (χ0n) is 21.3. The highest BCUT2D eigenvalue weighted by atomic mass is 35.5. The molecule has 1 aliphatic rings. The Hall–Kier alpha value is -3.27. The third kappa shape index (κ3) is 6.74. The average molecular weight is 538 g/mol. The lowest BCUT2D eigenvalue weighted by molar-refractivity contribution is -0.192. The molecule has 3 heterocycles. The van der Waals surface area contributed by atoms with Gasteiger partial charge in [0.05, 0.1) is 22.9 Å². The molecule has 1 aromatic carbocycles. The molecular weight excluding hydrogens is 507 g/mol. The van der Waals surface area contributed by atoms with Crippen LogP contribution in [-0.2, 0) is 24.8 Å². The smallest absolute Gasteiger partial charge is 0.475 e. The number of benzene rings is 1. The molecule has 2 aromatic heterocycles. The van der Waals surface area contributed by atoms with Gasteiger partial charge in [-0.05, 0) is 62.4 Å². The molecule has 0 bridgehead atoms. The predicted molar refractivity (Wildman–Crippen MR) is 139 cm³/mol. The highest BCUT2D eigenvalue weighted by molar-refractivity contribution is 6.33. The Morgan fingerprint density at radius 3 is 2.51 bits per heavy atom. The second-order valence-electron chi connectivity index (χ2n) is 8.96. The van der Waals surface area contributed by atoms with E-state index < -0.39 is 12.1 Å². The van der Waals surface area contributed by atoms with Gasteiger partial charge in [0.2, 0.25) is 0 Å². The number of hydrogen-bond acceptors (Lipinski definition) is 5. The first-order valence-electron chi connectivity index (χ1n) is 12.0. The molecule has 37 heavy (non-hydrogen) atoms. The van der Waals surface area contributed by atoms with Crippen LogP contribution in [0.15, 0.2) is 36.5 Å². The summed E-state index contributed by atoms with van der Waals surface area (Å²) < 4.78 is 33.8. The Morgan fingerprint density at radius 1 is 1.24 bits per heavy atom. The van der Waals surface area contributed by atoms with Gasteiger partial charge in [0, 0.05) is 31.9 Å². The van der Waals surface area contributed by atoms with Crippen molar-refractivity contribution in [1.82, 2.24) is 14.8 Å². The predicted octanol–water partition coefficient (Wildman–Crippen LogP) is 6.22. The standard InChI is InChI=1S/C24H30ClN5.C2HF3O2/c1-5-12-29(16-19-9-6-7-11-26-19)24-20-10-8-13-30(23(20)27-28(24)4)22-18(3)14-17(2)15-21(22)25;3-2(4,5)1(6)7/h6-7,9,11,14-15H,5,8,10,12-13,16H2,1-4H3;(H,6,7). The first-order chi connectivity index (χ1) is 17.4. The summed E-state index contributed by atoms with van der Waals surface area (Å²) in [5.74, 6) is -0.523. The van der Waals surface area contributed by atoms with Gasteiger partial charge >= 0.3 is 12.1 Å². The summed E-state index contributed by atoms with van der Waals surface area (Å²) in [5, 5.41) is 12.9. The van der Waals surface area contributed by atoms with Gasteiger partial charge in [-0.25, -0.2) is 4.79 Å². The summed E-state index contributed by atoms with van der Waals surface area (Å²) in [6, 6.07) is 10.4. The van der Waals surface area contributed by atoms with Crippen LogP contribution in [-0.4, -0.2) is 45.1 Å². The van der Waals surface area contributed by atoms with Crippen molar-refractivity contribution in [2.45, 2.75) is 52.8 Å². The van der Waals surface area contributed by atoms with Crippen molar-refractivity contribution in [3.8, 4) is 0 Å². The molecule has 1 aliphatic heterocycles. The van der Waals surface area contributed by atoms with Gasteiger partial charge < -0.3 is 14.9 Å². The van der Waals surface area contributed by atoms with Crippen LogP contribution in [0.25, 0.3) is 0 Å². The maximum absolute atomic E-state index is 10.6. The summed E-state index contributed by atoms with van der Waals surface area (Å²) in [4.78, 5) is 18.2. The van der Waals surface area contributed by atoms with Crippen molar-refractivity contribution >= 4 is 34.9 Å². The van der Waals surface area contributed by atoms with Crippen molar-refractivity contribution in [3.05, 3.63) is 63.9 Å². The molecule has 0 aliphatic carbocycles. The number of fused-ring (bicyclic) bond motifs is 1. The monoisotopic (exact) mass is 537 g/mol. The summed E-state index contributed by atoms with van der Waals surface area (Å²) >= 11 is 6.71. The summed E-state index contributed by atoms with van der Waals surface area (Å²) in [7, 11) is 2.05. The van der Waals surface area contributed by atoms with Gasteiger partial charge in [-0.1, -0.05) is 30.7 Å². The van der Waals surface area contributed by atoms with Crippen molar-refractivity contribution in [2.24, 2.45) is 7.05 Å². The molecule has 0 amide bonds. The number of hydrogen-bond donors (Lipinski definition) is 1. The molecule has 0 spiro atoms. The number of carboxylic acid groups (broad SMARTS) is 1. The van der Waals surface area contributed by atoms with E-state index in [1.165, 1.54) is 22.5 Å². The molecule has 0 atom stereocenters. The lowest BCUT2D eigenvalue weighted by Crippen LogP contribution is -2.29. The van der Waals surface area contributed by atoms with E-state index in [4.69, 9.17) is 26.6 Å². The number of aliphatic carboxylic acids is 1. The minimum absolute atomic E-state index is 0.783. The summed E-state index contributed by atoms with van der Waals surface area (Å²) in [5.41, 5.74) is 5.85.